The molecule has 0 saturated carbocycles. The van der Waals surface area contributed by atoms with Gasteiger partial charge in [-0.25, -0.2) is 9.37 Å². The fraction of sp³-hybridized carbons (Fsp3) is 0.400. The SMILES string of the molecule is Nc1ncc(CN2CCC(Cc3ccc(F)cc3)C2)s1. The smallest absolute Gasteiger partial charge is 0.180 e. The van der Waals surface area contributed by atoms with Crippen molar-refractivity contribution in [2.24, 2.45) is 5.92 Å². The third-order valence-electron chi connectivity index (χ3n) is 3.76. The van der Waals surface area contributed by atoms with Gasteiger partial charge in [0.2, 0.25) is 0 Å². The molecular weight excluding hydrogens is 273 g/mol. The van der Waals surface area contributed by atoms with Crippen LogP contribution in [0.5, 0.6) is 0 Å². The first kappa shape index (κ1) is 13.5. The van der Waals surface area contributed by atoms with E-state index in [9.17, 15) is 4.39 Å². The van der Waals surface area contributed by atoms with E-state index in [0.717, 1.165) is 26.1 Å². The van der Waals surface area contributed by atoms with Gasteiger partial charge in [-0.1, -0.05) is 12.1 Å². The van der Waals surface area contributed by atoms with E-state index >= 15 is 0 Å². The highest BCUT2D eigenvalue weighted by molar-refractivity contribution is 7.15. The van der Waals surface area contributed by atoms with Crippen LogP contribution in [0.3, 0.4) is 0 Å². The maximum absolute atomic E-state index is 12.9. The molecule has 106 valence electrons. The Hall–Kier alpha value is -1.46. The summed E-state index contributed by atoms with van der Waals surface area (Å²) in [6.45, 7) is 3.15. The van der Waals surface area contributed by atoms with Gasteiger partial charge in [0, 0.05) is 24.2 Å². The lowest BCUT2D eigenvalue weighted by Gasteiger charge is -2.14. The van der Waals surface area contributed by atoms with Gasteiger partial charge < -0.3 is 5.73 Å². The molecule has 5 heteroatoms. The van der Waals surface area contributed by atoms with Crippen LogP contribution < -0.4 is 5.73 Å². The average molecular weight is 291 g/mol. The number of halogens is 1. The number of hydrogen-bond donors (Lipinski definition) is 1. The normalized spacial score (nSPS) is 19.6. The molecule has 3 nitrogen and oxygen atoms in total. The summed E-state index contributed by atoms with van der Waals surface area (Å²) in [6.07, 6.45) is 4.10. The molecule has 1 fully saturated rings. The molecule has 3 rings (SSSR count). The fourth-order valence-electron chi connectivity index (χ4n) is 2.79. The van der Waals surface area contributed by atoms with Crippen molar-refractivity contribution >= 4 is 16.5 Å². The quantitative estimate of drug-likeness (QED) is 0.942. The molecule has 20 heavy (non-hydrogen) atoms. The van der Waals surface area contributed by atoms with Crippen LogP contribution in [0.1, 0.15) is 16.9 Å². The summed E-state index contributed by atoms with van der Waals surface area (Å²) in [7, 11) is 0. The van der Waals surface area contributed by atoms with E-state index in [1.165, 1.54) is 16.9 Å². The number of nitrogen functional groups attached to an aromatic ring is 1. The highest BCUT2D eigenvalue weighted by atomic mass is 32.1. The Kier molecular flexibility index (Phi) is 3.98. The summed E-state index contributed by atoms with van der Waals surface area (Å²) in [5.74, 6) is 0.496. The van der Waals surface area contributed by atoms with E-state index in [0.29, 0.717) is 11.0 Å². The summed E-state index contributed by atoms with van der Waals surface area (Å²) in [5, 5.41) is 0.641. The van der Waals surface area contributed by atoms with Gasteiger partial charge in [0.05, 0.1) is 0 Å². The molecule has 1 saturated heterocycles. The number of hydrogen-bond acceptors (Lipinski definition) is 4. The second-order valence-corrected chi connectivity index (χ2v) is 6.53. The van der Waals surface area contributed by atoms with Gasteiger partial charge in [-0.3, -0.25) is 4.90 Å². The van der Waals surface area contributed by atoms with Crippen molar-refractivity contribution < 1.29 is 4.39 Å². The summed E-state index contributed by atoms with van der Waals surface area (Å²) >= 11 is 1.56. The summed E-state index contributed by atoms with van der Waals surface area (Å²) in [6, 6.07) is 6.87. The van der Waals surface area contributed by atoms with Crippen molar-refractivity contribution in [3.05, 3.63) is 46.7 Å². The number of benzene rings is 1. The number of thiazole rings is 1. The molecule has 1 aromatic heterocycles. The van der Waals surface area contributed by atoms with Crippen LogP contribution in [0.4, 0.5) is 9.52 Å². The zero-order valence-electron chi connectivity index (χ0n) is 11.3. The molecule has 1 unspecified atom stereocenters. The summed E-state index contributed by atoms with van der Waals surface area (Å²) in [5.41, 5.74) is 6.88. The van der Waals surface area contributed by atoms with Crippen molar-refractivity contribution in [1.29, 1.82) is 0 Å². The first-order valence-corrected chi connectivity index (χ1v) is 7.67. The predicted molar refractivity (Wildman–Crippen MR) is 80.0 cm³/mol. The Bertz CT molecular complexity index is 567. The molecule has 2 N–H and O–H groups in total. The minimum absolute atomic E-state index is 0.162. The largest absolute Gasteiger partial charge is 0.375 e. The van der Waals surface area contributed by atoms with Crippen molar-refractivity contribution in [2.45, 2.75) is 19.4 Å². The fourth-order valence-corrected chi connectivity index (χ4v) is 3.52. The Morgan fingerprint density at radius 1 is 1.35 bits per heavy atom. The number of anilines is 1. The van der Waals surface area contributed by atoms with Gasteiger partial charge in [0.15, 0.2) is 5.13 Å². The Balaban J connectivity index is 1.53. The first-order chi connectivity index (χ1) is 9.69. The minimum atomic E-state index is -0.162. The number of rotatable bonds is 4. The Labute approximate surface area is 122 Å². The van der Waals surface area contributed by atoms with Gasteiger partial charge in [0.1, 0.15) is 5.82 Å². The lowest BCUT2D eigenvalue weighted by atomic mass is 9.99. The topological polar surface area (TPSA) is 42.1 Å². The van der Waals surface area contributed by atoms with E-state index in [1.54, 1.807) is 23.5 Å². The van der Waals surface area contributed by atoms with Crippen LogP contribution in [0.15, 0.2) is 30.5 Å². The molecule has 1 aliphatic rings. The van der Waals surface area contributed by atoms with Gasteiger partial charge in [0.25, 0.3) is 0 Å². The number of nitrogens with zero attached hydrogens (tertiary/aromatic N) is 2. The highest BCUT2D eigenvalue weighted by Crippen LogP contribution is 2.24. The lowest BCUT2D eigenvalue weighted by molar-refractivity contribution is 0.319. The highest BCUT2D eigenvalue weighted by Gasteiger charge is 2.23. The predicted octanol–water partition coefficient (Wildman–Crippen LogP) is 2.93. The third kappa shape index (κ3) is 3.35. The van der Waals surface area contributed by atoms with Gasteiger partial charge >= 0.3 is 0 Å². The maximum atomic E-state index is 12.9. The van der Waals surface area contributed by atoms with E-state index in [4.69, 9.17) is 5.73 Å². The van der Waals surface area contributed by atoms with Gasteiger partial charge in [-0.15, -0.1) is 11.3 Å². The average Bonchev–Trinajstić information content (AvgIpc) is 3.02. The zero-order chi connectivity index (χ0) is 13.9. The molecule has 2 heterocycles. The molecule has 0 bridgehead atoms. The van der Waals surface area contributed by atoms with E-state index in [2.05, 4.69) is 9.88 Å². The van der Waals surface area contributed by atoms with Gasteiger partial charge in [-0.2, -0.15) is 0 Å². The van der Waals surface area contributed by atoms with Crippen LogP contribution in [0.25, 0.3) is 0 Å². The minimum Gasteiger partial charge on any atom is -0.375 e. The molecule has 0 spiro atoms. The van der Waals surface area contributed by atoms with Crippen LogP contribution in [0, 0.1) is 11.7 Å². The molecule has 2 aromatic rings. The molecule has 1 aliphatic heterocycles. The van der Waals surface area contributed by atoms with Crippen LogP contribution in [-0.2, 0) is 13.0 Å². The summed E-state index contributed by atoms with van der Waals surface area (Å²) in [4.78, 5) is 7.76. The number of likely N-dealkylation sites (tertiary alicyclic amines) is 1. The Morgan fingerprint density at radius 2 is 2.15 bits per heavy atom. The number of aromatic nitrogens is 1. The molecule has 0 radical (unpaired) electrons. The molecular formula is C15H18FN3S. The molecule has 1 atom stereocenters. The third-order valence-corrected chi connectivity index (χ3v) is 4.57. The first-order valence-electron chi connectivity index (χ1n) is 6.86. The van der Waals surface area contributed by atoms with E-state index in [-0.39, 0.29) is 5.82 Å². The van der Waals surface area contributed by atoms with Crippen molar-refractivity contribution in [1.82, 2.24) is 9.88 Å². The maximum Gasteiger partial charge on any atom is 0.180 e. The monoisotopic (exact) mass is 291 g/mol. The van der Waals surface area contributed by atoms with Crippen LogP contribution in [-0.4, -0.2) is 23.0 Å². The molecule has 0 aliphatic carbocycles. The standard InChI is InChI=1S/C15H18FN3S/c16-13-3-1-11(2-4-13)7-12-5-6-19(9-12)10-14-8-18-15(17)20-14/h1-4,8,12H,5-7,9-10H2,(H2,17,18). The second-order valence-electron chi connectivity index (χ2n) is 5.39. The zero-order valence-corrected chi connectivity index (χ0v) is 12.1. The molecule has 0 amide bonds. The van der Waals surface area contributed by atoms with Crippen LogP contribution >= 0.6 is 11.3 Å². The van der Waals surface area contributed by atoms with Crippen molar-refractivity contribution in [3.63, 3.8) is 0 Å². The van der Waals surface area contributed by atoms with Crippen LogP contribution in [0.2, 0.25) is 0 Å². The summed E-state index contributed by atoms with van der Waals surface area (Å²) < 4.78 is 12.9. The van der Waals surface area contributed by atoms with Crippen molar-refractivity contribution in [3.8, 4) is 0 Å². The van der Waals surface area contributed by atoms with E-state index in [1.807, 2.05) is 18.3 Å². The lowest BCUT2D eigenvalue weighted by Crippen LogP contribution is -2.20. The molecule has 1 aromatic carbocycles. The Morgan fingerprint density at radius 3 is 2.85 bits per heavy atom. The van der Waals surface area contributed by atoms with Crippen molar-refractivity contribution in [2.75, 3.05) is 18.8 Å². The number of nitrogens with two attached hydrogens (primary N) is 1. The van der Waals surface area contributed by atoms with Gasteiger partial charge in [-0.05, 0) is 43.0 Å². The van der Waals surface area contributed by atoms with E-state index < -0.39 is 0 Å². The second kappa shape index (κ2) is 5.89.